The SMILES string of the molecule is O.O=C([O-])CN(CCO)CCO.O=C([O-])CN(CCO)CCO.[Co+2]. The summed E-state index contributed by atoms with van der Waals surface area (Å²) < 4.78 is 0. The zero-order valence-electron chi connectivity index (χ0n) is 13.2. The summed E-state index contributed by atoms with van der Waals surface area (Å²) in [7, 11) is 0. The van der Waals surface area contributed by atoms with Gasteiger partial charge in [-0.2, -0.15) is 0 Å². The molecule has 0 saturated heterocycles. The number of carbonyl (C=O) groups excluding carboxylic acids is 2. The first-order valence-corrected chi connectivity index (χ1v) is 6.69. The molecule has 0 rings (SSSR count). The molecule has 0 aliphatic rings. The van der Waals surface area contributed by atoms with Gasteiger partial charge in [0.25, 0.3) is 0 Å². The molecule has 147 valence electrons. The van der Waals surface area contributed by atoms with Crippen molar-refractivity contribution in [3.8, 4) is 0 Å². The Morgan fingerprint density at radius 3 is 1.00 bits per heavy atom. The average Bonchev–Trinajstić information content (AvgIpc) is 2.39. The number of aliphatic hydroxyl groups is 4. The van der Waals surface area contributed by atoms with Gasteiger partial charge in [-0.1, -0.05) is 0 Å². The third-order valence-corrected chi connectivity index (χ3v) is 2.37. The molecule has 0 aromatic carbocycles. The molecule has 0 saturated carbocycles. The van der Waals surface area contributed by atoms with Crippen LogP contribution < -0.4 is 10.2 Å². The molecular weight excluding hydrogens is 375 g/mol. The molecule has 0 aliphatic heterocycles. The van der Waals surface area contributed by atoms with Gasteiger partial charge in [-0.3, -0.25) is 9.80 Å². The molecule has 0 aromatic heterocycles. The number of nitrogens with zero attached hydrogens (tertiary/aromatic N) is 2. The van der Waals surface area contributed by atoms with Crippen molar-refractivity contribution in [3.05, 3.63) is 0 Å². The number of hydrogen-bond acceptors (Lipinski definition) is 10. The Labute approximate surface area is 150 Å². The molecule has 12 heteroatoms. The number of hydrogen-bond donors (Lipinski definition) is 4. The van der Waals surface area contributed by atoms with E-state index in [9.17, 15) is 19.8 Å². The van der Waals surface area contributed by atoms with Gasteiger partial charge in [-0.05, 0) is 0 Å². The molecule has 0 bridgehead atoms. The van der Waals surface area contributed by atoms with Gasteiger partial charge in [-0.25, -0.2) is 0 Å². The van der Waals surface area contributed by atoms with Crippen LogP contribution in [0.15, 0.2) is 0 Å². The maximum atomic E-state index is 10.0. The van der Waals surface area contributed by atoms with Gasteiger partial charge < -0.3 is 45.7 Å². The second-order valence-corrected chi connectivity index (χ2v) is 4.19. The first-order valence-electron chi connectivity index (χ1n) is 6.69. The standard InChI is InChI=1S/2C6H13NO4.Co.H2O/c2*8-3-1-7(2-4-9)5-6(10)11;;/h2*8-9H,1-5H2,(H,10,11);;1H2/q;;+2;/p-2. The van der Waals surface area contributed by atoms with Gasteiger partial charge in [0.05, 0.1) is 38.4 Å². The molecule has 0 heterocycles. The van der Waals surface area contributed by atoms with Crippen molar-refractivity contribution in [1.82, 2.24) is 9.80 Å². The van der Waals surface area contributed by atoms with E-state index in [2.05, 4.69) is 0 Å². The van der Waals surface area contributed by atoms with Crippen LogP contribution in [0.1, 0.15) is 0 Å². The number of aliphatic hydroxyl groups excluding tert-OH is 4. The van der Waals surface area contributed by atoms with Gasteiger partial charge >= 0.3 is 16.8 Å². The third-order valence-electron chi connectivity index (χ3n) is 2.37. The van der Waals surface area contributed by atoms with Crippen molar-refractivity contribution in [2.45, 2.75) is 0 Å². The van der Waals surface area contributed by atoms with Gasteiger partial charge in [0.15, 0.2) is 0 Å². The van der Waals surface area contributed by atoms with Crippen molar-refractivity contribution in [2.75, 3.05) is 65.7 Å². The third kappa shape index (κ3) is 23.4. The fourth-order valence-electron chi connectivity index (χ4n) is 1.47. The Bertz CT molecular complexity index is 258. The first kappa shape index (κ1) is 31.0. The van der Waals surface area contributed by atoms with Crippen LogP contribution in [0.4, 0.5) is 0 Å². The van der Waals surface area contributed by atoms with Crippen LogP contribution in [-0.2, 0) is 26.4 Å². The van der Waals surface area contributed by atoms with Crippen molar-refractivity contribution in [1.29, 1.82) is 0 Å². The minimum atomic E-state index is -1.20. The summed E-state index contributed by atoms with van der Waals surface area (Å²) in [5, 5.41) is 53.8. The van der Waals surface area contributed by atoms with Crippen molar-refractivity contribution >= 4 is 11.9 Å². The predicted molar refractivity (Wildman–Crippen MR) is 74.9 cm³/mol. The van der Waals surface area contributed by atoms with E-state index in [4.69, 9.17) is 20.4 Å². The van der Waals surface area contributed by atoms with E-state index in [1.54, 1.807) is 0 Å². The largest absolute Gasteiger partial charge is 2.00 e. The monoisotopic (exact) mass is 401 g/mol. The molecule has 0 unspecified atom stereocenters. The summed E-state index contributed by atoms with van der Waals surface area (Å²) in [4.78, 5) is 22.9. The second-order valence-electron chi connectivity index (χ2n) is 4.19. The normalized spacial score (nSPS) is 9.58. The van der Waals surface area contributed by atoms with E-state index in [-0.39, 0.29) is 88.0 Å². The first-order chi connectivity index (χ1) is 10.4. The number of rotatable bonds is 12. The fourth-order valence-corrected chi connectivity index (χ4v) is 1.47. The molecule has 0 amide bonds. The smallest absolute Gasteiger partial charge is 0.549 e. The van der Waals surface area contributed by atoms with E-state index in [0.29, 0.717) is 0 Å². The molecule has 0 aliphatic carbocycles. The predicted octanol–water partition coefficient (Wildman–Crippen LogP) is -6.78. The molecule has 0 aromatic rings. The van der Waals surface area contributed by atoms with Gasteiger partial charge in [0, 0.05) is 39.3 Å². The Morgan fingerprint density at radius 1 is 0.667 bits per heavy atom. The van der Waals surface area contributed by atoms with E-state index in [1.807, 2.05) is 0 Å². The van der Waals surface area contributed by atoms with Crippen LogP contribution in [0.2, 0.25) is 0 Å². The van der Waals surface area contributed by atoms with E-state index in [1.165, 1.54) is 9.80 Å². The average molecular weight is 401 g/mol. The van der Waals surface area contributed by atoms with Crippen molar-refractivity contribution in [2.24, 2.45) is 0 Å². The minimum absolute atomic E-state index is 0. The molecular formula is C12H26CoN2O9. The molecule has 0 atom stereocenters. The topological polar surface area (TPSA) is 199 Å². The molecule has 11 nitrogen and oxygen atoms in total. The van der Waals surface area contributed by atoms with Crippen LogP contribution in [0, 0.1) is 0 Å². The van der Waals surface area contributed by atoms with Gasteiger partial charge in [0.1, 0.15) is 0 Å². The maximum absolute atomic E-state index is 10.0. The van der Waals surface area contributed by atoms with Crippen LogP contribution in [0.25, 0.3) is 0 Å². The summed E-state index contributed by atoms with van der Waals surface area (Å²) in [6.45, 7) is 0.00944. The Hall–Kier alpha value is -0.834. The quantitative estimate of drug-likeness (QED) is 0.244. The molecule has 6 N–H and O–H groups in total. The molecule has 1 radical (unpaired) electrons. The summed E-state index contributed by atoms with van der Waals surface area (Å²) in [5.74, 6) is -2.40. The Kier molecular flexibility index (Phi) is 28.6. The number of carboxylic acids is 2. The summed E-state index contributed by atoms with van der Waals surface area (Å²) in [5.41, 5.74) is 0. The number of carboxylic acid groups (broad SMARTS) is 2. The summed E-state index contributed by atoms with van der Waals surface area (Å²) in [6.07, 6.45) is 0. The Morgan fingerprint density at radius 2 is 0.875 bits per heavy atom. The fraction of sp³-hybridized carbons (Fsp3) is 0.833. The summed E-state index contributed by atoms with van der Waals surface area (Å²) in [6, 6.07) is 0. The zero-order chi connectivity index (χ0) is 17.4. The van der Waals surface area contributed by atoms with Crippen LogP contribution >= 0.6 is 0 Å². The minimum Gasteiger partial charge on any atom is -0.549 e. The Balaban J connectivity index is -0.000000154. The summed E-state index contributed by atoms with van der Waals surface area (Å²) >= 11 is 0. The van der Waals surface area contributed by atoms with Crippen molar-refractivity contribution < 1.29 is 62.5 Å². The van der Waals surface area contributed by atoms with Crippen molar-refractivity contribution in [3.63, 3.8) is 0 Å². The van der Waals surface area contributed by atoms with Gasteiger partial charge in [-0.15, -0.1) is 0 Å². The van der Waals surface area contributed by atoms with E-state index in [0.717, 1.165) is 0 Å². The number of aliphatic carboxylic acids is 2. The second kappa shape index (κ2) is 22.2. The van der Waals surface area contributed by atoms with Crippen LogP contribution in [0.3, 0.4) is 0 Å². The zero-order valence-corrected chi connectivity index (χ0v) is 14.3. The molecule has 24 heavy (non-hydrogen) atoms. The van der Waals surface area contributed by atoms with Gasteiger partial charge in [0.2, 0.25) is 0 Å². The van der Waals surface area contributed by atoms with E-state index >= 15 is 0 Å². The number of carbonyl (C=O) groups is 2. The molecule has 0 spiro atoms. The van der Waals surface area contributed by atoms with Crippen LogP contribution in [-0.4, -0.2) is 113 Å². The van der Waals surface area contributed by atoms with E-state index < -0.39 is 11.9 Å². The molecule has 0 fully saturated rings. The maximum Gasteiger partial charge on any atom is 2.00 e. The van der Waals surface area contributed by atoms with Crippen LogP contribution in [0.5, 0.6) is 0 Å².